The molecule has 1 aliphatic rings. The SMILES string of the molecule is CCOC(CC)C(N)CCc1ccc2c(c1)CCO2. The molecule has 0 fully saturated rings. The van der Waals surface area contributed by atoms with Gasteiger partial charge in [-0.2, -0.15) is 0 Å². The average molecular weight is 263 g/mol. The van der Waals surface area contributed by atoms with Gasteiger partial charge in [0.2, 0.25) is 0 Å². The molecule has 2 atom stereocenters. The highest BCUT2D eigenvalue weighted by molar-refractivity contribution is 5.39. The molecule has 0 aliphatic carbocycles. The van der Waals surface area contributed by atoms with Crippen LogP contribution in [0, 0.1) is 0 Å². The Bertz CT molecular complexity index is 406. The summed E-state index contributed by atoms with van der Waals surface area (Å²) in [6.07, 6.45) is 4.18. The topological polar surface area (TPSA) is 44.5 Å². The third-order valence-corrected chi connectivity index (χ3v) is 3.78. The molecule has 0 saturated carbocycles. The van der Waals surface area contributed by atoms with Gasteiger partial charge >= 0.3 is 0 Å². The summed E-state index contributed by atoms with van der Waals surface area (Å²) in [6, 6.07) is 6.62. The maximum atomic E-state index is 6.23. The number of hydrogen-bond acceptors (Lipinski definition) is 3. The van der Waals surface area contributed by atoms with E-state index in [1.165, 1.54) is 11.1 Å². The van der Waals surface area contributed by atoms with E-state index in [1.807, 2.05) is 6.92 Å². The molecule has 1 heterocycles. The quantitative estimate of drug-likeness (QED) is 0.822. The van der Waals surface area contributed by atoms with Crippen molar-refractivity contribution in [1.82, 2.24) is 0 Å². The second-order valence-electron chi connectivity index (χ2n) is 5.15. The van der Waals surface area contributed by atoms with Gasteiger partial charge < -0.3 is 15.2 Å². The summed E-state index contributed by atoms with van der Waals surface area (Å²) in [7, 11) is 0. The van der Waals surface area contributed by atoms with Crippen molar-refractivity contribution in [3.63, 3.8) is 0 Å². The van der Waals surface area contributed by atoms with Crippen molar-refractivity contribution in [3.05, 3.63) is 29.3 Å². The smallest absolute Gasteiger partial charge is 0.122 e. The third-order valence-electron chi connectivity index (χ3n) is 3.78. The lowest BCUT2D eigenvalue weighted by atomic mass is 9.99. The summed E-state index contributed by atoms with van der Waals surface area (Å²) >= 11 is 0. The van der Waals surface area contributed by atoms with Crippen molar-refractivity contribution in [2.75, 3.05) is 13.2 Å². The molecule has 2 N–H and O–H groups in total. The van der Waals surface area contributed by atoms with Crippen molar-refractivity contribution < 1.29 is 9.47 Å². The van der Waals surface area contributed by atoms with Gasteiger partial charge in [-0.3, -0.25) is 0 Å². The molecule has 0 bridgehead atoms. The lowest BCUT2D eigenvalue weighted by Gasteiger charge is -2.22. The molecule has 0 amide bonds. The molecule has 0 spiro atoms. The number of hydrogen-bond donors (Lipinski definition) is 1. The summed E-state index contributed by atoms with van der Waals surface area (Å²) in [5.41, 5.74) is 8.91. The normalized spacial score (nSPS) is 16.8. The van der Waals surface area contributed by atoms with Gasteiger partial charge in [-0.25, -0.2) is 0 Å². The third kappa shape index (κ3) is 3.71. The molecule has 0 saturated heterocycles. The van der Waals surface area contributed by atoms with E-state index in [-0.39, 0.29) is 12.1 Å². The molecule has 1 aliphatic heterocycles. The van der Waals surface area contributed by atoms with E-state index in [2.05, 4.69) is 25.1 Å². The van der Waals surface area contributed by atoms with E-state index in [4.69, 9.17) is 15.2 Å². The molecule has 0 aromatic heterocycles. The van der Waals surface area contributed by atoms with E-state index < -0.39 is 0 Å². The highest BCUT2D eigenvalue weighted by Gasteiger charge is 2.17. The minimum atomic E-state index is 0.120. The summed E-state index contributed by atoms with van der Waals surface area (Å²) in [6.45, 7) is 5.71. The van der Waals surface area contributed by atoms with Gasteiger partial charge in [-0.05, 0) is 43.4 Å². The van der Waals surface area contributed by atoms with Gasteiger partial charge in [0.05, 0.1) is 12.7 Å². The van der Waals surface area contributed by atoms with E-state index >= 15 is 0 Å². The molecule has 3 heteroatoms. The van der Waals surface area contributed by atoms with Crippen LogP contribution in [0.2, 0.25) is 0 Å². The number of fused-ring (bicyclic) bond motifs is 1. The fourth-order valence-electron chi connectivity index (χ4n) is 2.67. The number of aryl methyl sites for hydroxylation is 1. The van der Waals surface area contributed by atoms with Gasteiger partial charge in [0, 0.05) is 19.1 Å². The molecule has 0 radical (unpaired) electrons. The Morgan fingerprint density at radius 2 is 2.21 bits per heavy atom. The highest BCUT2D eigenvalue weighted by Crippen LogP contribution is 2.26. The molecular formula is C16H25NO2. The van der Waals surface area contributed by atoms with Crippen LogP contribution in [0.15, 0.2) is 18.2 Å². The second kappa shape index (κ2) is 6.92. The summed E-state index contributed by atoms with van der Waals surface area (Å²) < 4.78 is 11.2. The van der Waals surface area contributed by atoms with Crippen LogP contribution in [0.3, 0.4) is 0 Å². The molecule has 2 unspecified atom stereocenters. The number of benzene rings is 1. The minimum absolute atomic E-state index is 0.120. The zero-order valence-electron chi connectivity index (χ0n) is 12.0. The predicted octanol–water partition coefficient (Wildman–Crippen LogP) is 2.70. The van der Waals surface area contributed by atoms with Crippen molar-refractivity contribution in [1.29, 1.82) is 0 Å². The molecule has 106 valence electrons. The van der Waals surface area contributed by atoms with Gasteiger partial charge in [-0.1, -0.05) is 19.1 Å². The molecule has 3 nitrogen and oxygen atoms in total. The first kappa shape index (κ1) is 14.4. The maximum Gasteiger partial charge on any atom is 0.122 e. The van der Waals surface area contributed by atoms with Crippen LogP contribution in [-0.4, -0.2) is 25.4 Å². The monoisotopic (exact) mass is 263 g/mol. The molecule has 1 aromatic rings. The standard InChI is InChI=1S/C16H25NO2/c1-3-15(18-4-2)14(17)7-5-12-6-8-16-13(11-12)9-10-19-16/h6,8,11,14-15H,3-5,7,9-10,17H2,1-2H3. The summed E-state index contributed by atoms with van der Waals surface area (Å²) in [4.78, 5) is 0. The zero-order chi connectivity index (χ0) is 13.7. The van der Waals surface area contributed by atoms with Crippen LogP contribution in [0.5, 0.6) is 5.75 Å². The van der Waals surface area contributed by atoms with Crippen molar-refractivity contribution in [3.8, 4) is 5.75 Å². The largest absolute Gasteiger partial charge is 0.493 e. The fraction of sp³-hybridized carbons (Fsp3) is 0.625. The van der Waals surface area contributed by atoms with Gasteiger partial charge in [-0.15, -0.1) is 0 Å². The van der Waals surface area contributed by atoms with Crippen molar-refractivity contribution in [2.24, 2.45) is 5.73 Å². The first-order chi connectivity index (χ1) is 9.24. The molecule has 19 heavy (non-hydrogen) atoms. The van der Waals surface area contributed by atoms with E-state index in [0.29, 0.717) is 0 Å². The van der Waals surface area contributed by atoms with Crippen LogP contribution < -0.4 is 10.5 Å². The van der Waals surface area contributed by atoms with Gasteiger partial charge in [0.25, 0.3) is 0 Å². The van der Waals surface area contributed by atoms with Crippen molar-refractivity contribution in [2.45, 2.75) is 51.7 Å². The molecule has 1 aromatic carbocycles. The Labute approximate surface area is 116 Å². The fourth-order valence-corrected chi connectivity index (χ4v) is 2.67. The van der Waals surface area contributed by atoms with Crippen LogP contribution in [0.1, 0.15) is 37.8 Å². The average Bonchev–Trinajstić information content (AvgIpc) is 2.89. The maximum absolute atomic E-state index is 6.23. The number of ether oxygens (including phenoxy) is 2. The van der Waals surface area contributed by atoms with Gasteiger partial charge in [0.15, 0.2) is 0 Å². The van der Waals surface area contributed by atoms with Crippen LogP contribution >= 0.6 is 0 Å². The Morgan fingerprint density at radius 1 is 1.37 bits per heavy atom. The Morgan fingerprint density at radius 3 is 2.95 bits per heavy atom. The molecular weight excluding hydrogens is 238 g/mol. The highest BCUT2D eigenvalue weighted by atomic mass is 16.5. The predicted molar refractivity (Wildman–Crippen MR) is 77.6 cm³/mol. The van der Waals surface area contributed by atoms with Crippen LogP contribution in [-0.2, 0) is 17.6 Å². The zero-order valence-corrected chi connectivity index (χ0v) is 12.0. The lowest BCUT2D eigenvalue weighted by molar-refractivity contribution is 0.0398. The van der Waals surface area contributed by atoms with Gasteiger partial charge in [0.1, 0.15) is 5.75 Å². The van der Waals surface area contributed by atoms with Crippen molar-refractivity contribution >= 4 is 0 Å². The van der Waals surface area contributed by atoms with E-state index in [1.54, 1.807) is 0 Å². The number of rotatable bonds is 7. The molecule has 2 rings (SSSR count). The summed E-state index contributed by atoms with van der Waals surface area (Å²) in [5.74, 6) is 1.05. The van der Waals surface area contributed by atoms with E-state index in [0.717, 1.165) is 44.6 Å². The summed E-state index contributed by atoms with van der Waals surface area (Å²) in [5, 5.41) is 0. The minimum Gasteiger partial charge on any atom is -0.493 e. The first-order valence-electron chi connectivity index (χ1n) is 7.36. The Hall–Kier alpha value is -1.06. The Balaban J connectivity index is 1.87. The Kier molecular flexibility index (Phi) is 5.23. The van der Waals surface area contributed by atoms with Crippen LogP contribution in [0.4, 0.5) is 0 Å². The first-order valence-corrected chi connectivity index (χ1v) is 7.36. The van der Waals surface area contributed by atoms with E-state index in [9.17, 15) is 0 Å². The second-order valence-corrected chi connectivity index (χ2v) is 5.15. The van der Waals surface area contributed by atoms with Crippen LogP contribution in [0.25, 0.3) is 0 Å². The number of nitrogens with two attached hydrogens (primary N) is 1. The lowest BCUT2D eigenvalue weighted by Crippen LogP contribution is -2.36.